The van der Waals surface area contributed by atoms with Crippen molar-refractivity contribution in [3.05, 3.63) is 106 Å². The molecule has 1 saturated heterocycles. The molecular formula is C32H28F3N7O6S. The van der Waals surface area contributed by atoms with Crippen LogP contribution in [0.3, 0.4) is 0 Å². The van der Waals surface area contributed by atoms with E-state index in [0.29, 0.717) is 30.8 Å². The molecule has 2 aromatic carbocycles. The topological polar surface area (TPSA) is 158 Å². The van der Waals surface area contributed by atoms with Crippen molar-refractivity contribution in [1.82, 2.24) is 29.6 Å². The van der Waals surface area contributed by atoms with Crippen LogP contribution in [0.25, 0.3) is 11.0 Å². The second-order valence-corrected chi connectivity index (χ2v) is 13.1. The Morgan fingerprint density at radius 1 is 1.06 bits per heavy atom. The molecule has 0 amide bonds. The smallest absolute Gasteiger partial charge is 0.403 e. The van der Waals surface area contributed by atoms with Crippen molar-refractivity contribution < 1.29 is 35.9 Å². The standard InChI is InChI=1S/C32H28F3N7O6S/c1-41-11-12-47-18-27(41)48-24-9-7-23(8-10-24)39-31-36-14-21-13-25(28(43)20-5-3-2-4-6-20)30(44)42(29(21)40-31)17-22-15-37-38-16-26(22)49(45,46)19-32(33,34)35/h2-10,13-16,27H,11-12,17-19H2,1H3,(H,36,39,40). The number of anilines is 2. The number of nitrogens with zero attached hydrogens (tertiary/aromatic N) is 6. The number of aromatic nitrogens is 5. The lowest BCUT2D eigenvalue weighted by atomic mass is 10.0. The third-order valence-electron chi connectivity index (χ3n) is 7.62. The Bertz CT molecular complexity index is 2170. The zero-order valence-electron chi connectivity index (χ0n) is 25.8. The number of carbonyl (C=O) groups is 1. The van der Waals surface area contributed by atoms with Crippen LogP contribution in [0.5, 0.6) is 5.75 Å². The van der Waals surface area contributed by atoms with Gasteiger partial charge in [0.15, 0.2) is 27.6 Å². The fourth-order valence-corrected chi connectivity index (χ4v) is 6.47. The Morgan fingerprint density at radius 2 is 1.80 bits per heavy atom. The quantitative estimate of drug-likeness (QED) is 0.212. The predicted molar refractivity (Wildman–Crippen MR) is 171 cm³/mol. The molecule has 0 bridgehead atoms. The normalized spacial score (nSPS) is 15.6. The number of likely N-dealkylation sites (N-methyl/N-ethyl adjacent to an activating group) is 1. The second-order valence-electron chi connectivity index (χ2n) is 11.1. The molecule has 13 nitrogen and oxygen atoms in total. The lowest BCUT2D eigenvalue weighted by Crippen LogP contribution is -2.46. The Balaban J connectivity index is 1.38. The van der Waals surface area contributed by atoms with Crippen LogP contribution in [0, 0.1) is 0 Å². The average molecular weight is 696 g/mol. The Morgan fingerprint density at radius 3 is 2.51 bits per heavy atom. The van der Waals surface area contributed by atoms with Gasteiger partial charge in [-0.05, 0) is 37.4 Å². The number of sulfone groups is 1. The van der Waals surface area contributed by atoms with Crippen LogP contribution in [0.2, 0.25) is 0 Å². The number of fused-ring (bicyclic) bond motifs is 1. The molecule has 3 aromatic heterocycles. The SMILES string of the molecule is CN1CCOCC1Oc1ccc(Nc2ncc3cc(C(=O)c4ccccc4)c(=O)n(Cc4cnncc4S(=O)(=O)CC(F)(F)F)c3n2)cc1. The molecule has 1 aliphatic heterocycles. The minimum atomic E-state index is -5.04. The fourth-order valence-electron chi connectivity index (χ4n) is 5.16. The Kier molecular flexibility index (Phi) is 9.40. The van der Waals surface area contributed by atoms with E-state index in [-0.39, 0.29) is 39.9 Å². The molecule has 49 heavy (non-hydrogen) atoms. The van der Waals surface area contributed by atoms with Gasteiger partial charge in [0.2, 0.25) is 5.95 Å². The summed E-state index contributed by atoms with van der Waals surface area (Å²) in [5.74, 6) is -2.14. The molecule has 254 valence electrons. The third kappa shape index (κ3) is 7.74. The minimum absolute atomic E-state index is 0.0246. The fraction of sp³-hybridized carbons (Fsp3) is 0.250. The van der Waals surface area contributed by atoms with E-state index in [1.54, 1.807) is 42.5 Å². The van der Waals surface area contributed by atoms with Crippen LogP contribution in [0.4, 0.5) is 24.8 Å². The molecule has 0 saturated carbocycles. The lowest BCUT2D eigenvalue weighted by Gasteiger charge is -2.32. The molecule has 1 N–H and O–H groups in total. The van der Waals surface area contributed by atoms with Crippen molar-refractivity contribution in [2.24, 2.45) is 0 Å². The molecule has 4 heterocycles. The van der Waals surface area contributed by atoms with Crippen LogP contribution >= 0.6 is 0 Å². The summed E-state index contributed by atoms with van der Waals surface area (Å²) in [5.41, 5.74) is -0.662. The summed E-state index contributed by atoms with van der Waals surface area (Å²) in [6.45, 7) is 1.18. The van der Waals surface area contributed by atoms with Crippen molar-refractivity contribution in [2.45, 2.75) is 23.8 Å². The van der Waals surface area contributed by atoms with Gasteiger partial charge in [-0.3, -0.25) is 19.1 Å². The van der Waals surface area contributed by atoms with Crippen LogP contribution in [-0.4, -0.2) is 88.8 Å². The van der Waals surface area contributed by atoms with Crippen molar-refractivity contribution in [2.75, 3.05) is 37.9 Å². The first-order valence-corrected chi connectivity index (χ1v) is 16.4. The van der Waals surface area contributed by atoms with Gasteiger partial charge >= 0.3 is 6.18 Å². The largest absolute Gasteiger partial charge is 0.473 e. The molecule has 17 heteroatoms. The van der Waals surface area contributed by atoms with E-state index in [4.69, 9.17) is 9.47 Å². The number of benzene rings is 2. The van der Waals surface area contributed by atoms with E-state index in [0.717, 1.165) is 17.3 Å². The summed E-state index contributed by atoms with van der Waals surface area (Å²) >= 11 is 0. The highest BCUT2D eigenvalue weighted by Gasteiger charge is 2.37. The molecule has 6 rings (SSSR count). The molecule has 1 aliphatic rings. The van der Waals surface area contributed by atoms with Crippen molar-refractivity contribution in [1.29, 1.82) is 0 Å². The molecule has 1 atom stereocenters. The maximum absolute atomic E-state index is 14.0. The van der Waals surface area contributed by atoms with E-state index in [9.17, 15) is 31.2 Å². The summed E-state index contributed by atoms with van der Waals surface area (Å²) in [6, 6.07) is 16.2. The number of ether oxygens (including phenoxy) is 2. The molecule has 1 fully saturated rings. The van der Waals surface area contributed by atoms with Gasteiger partial charge in [0.1, 0.15) is 11.4 Å². The summed E-state index contributed by atoms with van der Waals surface area (Å²) in [5, 5.41) is 10.4. The number of ketones is 1. The summed E-state index contributed by atoms with van der Waals surface area (Å²) in [4.78, 5) is 37.5. The number of nitrogens with one attached hydrogen (secondary N) is 1. The van der Waals surface area contributed by atoms with Gasteiger partial charge in [0.05, 0.1) is 42.6 Å². The summed E-state index contributed by atoms with van der Waals surface area (Å²) in [6.07, 6.45) is -2.27. The number of hydrogen-bond acceptors (Lipinski definition) is 12. The van der Waals surface area contributed by atoms with Crippen LogP contribution in [0.1, 0.15) is 21.5 Å². The van der Waals surface area contributed by atoms with Gasteiger partial charge < -0.3 is 14.8 Å². The monoisotopic (exact) mass is 695 g/mol. The summed E-state index contributed by atoms with van der Waals surface area (Å²) < 4.78 is 77.6. The molecule has 0 aliphatic carbocycles. The first-order chi connectivity index (χ1) is 23.4. The van der Waals surface area contributed by atoms with Crippen molar-refractivity contribution >= 4 is 38.3 Å². The van der Waals surface area contributed by atoms with E-state index in [1.165, 1.54) is 24.4 Å². The number of alkyl halides is 3. The highest BCUT2D eigenvalue weighted by Crippen LogP contribution is 2.26. The number of hydrogen-bond donors (Lipinski definition) is 1. The Hall–Kier alpha value is -5.26. The van der Waals surface area contributed by atoms with Crippen molar-refractivity contribution in [3.8, 4) is 5.75 Å². The molecule has 0 radical (unpaired) electrons. The first kappa shape index (κ1) is 33.6. The number of halogens is 3. The van der Waals surface area contributed by atoms with Crippen LogP contribution < -0.4 is 15.6 Å². The number of rotatable bonds is 10. The van der Waals surface area contributed by atoms with Gasteiger partial charge in [0.25, 0.3) is 5.56 Å². The molecular weight excluding hydrogens is 667 g/mol. The lowest BCUT2D eigenvalue weighted by molar-refractivity contribution is -0.106. The van der Waals surface area contributed by atoms with Gasteiger partial charge in [-0.15, -0.1) is 0 Å². The molecule has 0 spiro atoms. The zero-order chi connectivity index (χ0) is 34.8. The average Bonchev–Trinajstić information content (AvgIpc) is 3.07. The highest BCUT2D eigenvalue weighted by atomic mass is 32.2. The minimum Gasteiger partial charge on any atom is -0.473 e. The van der Waals surface area contributed by atoms with E-state index < -0.39 is 44.5 Å². The van der Waals surface area contributed by atoms with Crippen molar-refractivity contribution in [3.63, 3.8) is 0 Å². The second kappa shape index (κ2) is 13.7. The highest BCUT2D eigenvalue weighted by molar-refractivity contribution is 7.91. The third-order valence-corrected chi connectivity index (χ3v) is 9.36. The van der Waals surface area contributed by atoms with E-state index in [1.807, 2.05) is 11.9 Å². The number of carbonyl (C=O) groups excluding carboxylic acids is 1. The van der Waals surface area contributed by atoms with Crippen LogP contribution in [-0.2, 0) is 21.1 Å². The maximum atomic E-state index is 14.0. The molecule has 5 aromatic rings. The van der Waals surface area contributed by atoms with Gasteiger partial charge in [-0.2, -0.15) is 28.4 Å². The zero-order valence-corrected chi connectivity index (χ0v) is 26.6. The maximum Gasteiger partial charge on any atom is 0.403 e. The van der Waals surface area contributed by atoms with E-state index >= 15 is 0 Å². The first-order valence-electron chi connectivity index (χ1n) is 14.8. The predicted octanol–water partition coefficient (Wildman–Crippen LogP) is 3.61. The van der Waals surface area contributed by atoms with Gasteiger partial charge in [0, 0.05) is 34.9 Å². The number of morpholine rings is 1. The summed E-state index contributed by atoms with van der Waals surface area (Å²) in [7, 11) is -3.01. The van der Waals surface area contributed by atoms with E-state index in [2.05, 4.69) is 25.5 Å². The van der Waals surface area contributed by atoms with Gasteiger partial charge in [-0.25, -0.2) is 13.4 Å². The number of pyridine rings is 1. The molecule has 1 unspecified atom stereocenters. The van der Waals surface area contributed by atoms with Crippen LogP contribution in [0.15, 0.2) is 88.9 Å². The Labute approximate surface area is 277 Å². The van der Waals surface area contributed by atoms with Gasteiger partial charge in [-0.1, -0.05) is 30.3 Å².